The Bertz CT molecular complexity index is 400. The van der Waals surface area contributed by atoms with Gasteiger partial charge in [0.1, 0.15) is 0 Å². The zero-order chi connectivity index (χ0) is 13.0. The van der Waals surface area contributed by atoms with Crippen LogP contribution < -0.4 is 15.5 Å². The Hall–Kier alpha value is -1.71. The second kappa shape index (κ2) is 5.57. The van der Waals surface area contributed by atoms with E-state index in [9.17, 15) is 4.79 Å². The van der Waals surface area contributed by atoms with Crippen molar-refractivity contribution in [3.63, 3.8) is 0 Å². The second-order valence-corrected chi connectivity index (χ2v) is 4.65. The van der Waals surface area contributed by atoms with E-state index in [-0.39, 0.29) is 12.1 Å². The molecular formula is C13H21N3O. The molecule has 2 amide bonds. The minimum atomic E-state index is -0.173. The van der Waals surface area contributed by atoms with Crippen LogP contribution in [0.15, 0.2) is 18.2 Å². The van der Waals surface area contributed by atoms with Gasteiger partial charge in [-0.15, -0.1) is 0 Å². The van der Waals surface area contributed by atoms with Crippen LogP contribution in [0.25, 0.3) is 0 Å². The molecule has 1 rings (SSSR count). The van der Waals surface area contributed by atoms with E-state index in [4.69, 9.17) is 0 Å². The van der Waals surface area contributed by atoms with Gasteiger partial charge in [0, 0.05) is 31.5 Å². The van der Waals surface area contributed by atoms with Crippen LogP contribution in [-0.2, 0) is 0 Å². The number of carbonyl (C=O) groups is 1. The molecule has 0 aliphatic heterocycles. The fourth-order valence-electron chi connectivity index (χ4n) is 1.60. The molecule has 0 heterocycles. The maximum absolute atomic E-state index is 11.6. The molecule has 0 bridgehead atoms. The fraction of sp³-hybridized carbons (Fsp3) is 0.462. The molecule has 0 saturated heterocycles. The topological polar surface area (TPSA) is 44.4 Å². The number of urea groups is 1. The van der Waals surface area contributed by atoms with Crippen molar-refractivity contribution in [3.05, 3.63) is 23.8 Å². The van der Waals surface area contributed by atoms with Gasteiger partial charge >= 0.3 is 6.03 Å². The highest BCUT2D eigenvalue weighted by Gasteiger charge is 2.06. The van der Waals surface area contributed by atoms with Crippen LogP contribution in [0.1, 0.15) is 19.4 Å². The van der Waals surface area contributed by atoms with E-state index in [0.29, 0.717) is 0 Å². The van der Waals surface area contributed by atoms with Crippen molar-refractivity contribution >= 4 is 17.4 Å². The zero-order valence-corrected chi connectivity index (χ0v) is 11.2. The lowest BCUT2D eigenvalue weighted by Gasteiger charge is -2.17. The molecule has 17 heavy (non-hydrogen) atoms. The first-order valence-electron chi connectivity index (χ1n) is 5.75. The van der Waals surface area contributed by atoms with E-state index in [2.05, 4.69) is 10.6 Å². The van der Waals surface area contributed by atoms with Gasteiger partial charge in [0.15, 0.2) is 0 Å². The Morgan fingerprint density at radius 3 is 2.47 bits per heavy atom. The molecule has 0 saturated carbocycles. The average molecular weight is 235 g/mol. The van der Waals surface area contributed by atoms with Crippen LogP contribution in [0.5, 0.6) is 0 Å². The number of nitrogens with zero attached hydrogens (tertiary/aromatic N) is 1. The van der Waals surface area contributed by atoms with Crippen LogP contribution in [-0.4, -0.2) is 26.2 Å². The van der Waals surface area contributed by atoms with Gasteiger partial charge in [-0.2, -0.15) is 0 Å². The first-order valence-corrected chi connectivity index (χ1v) is 5.75. The standard InChI is InChI=1S/C13H21N3O/c1-9(2)14-13(17)15-11-7-6-10(3)12(8-11)16(4)5/h6-9H,1-5H3,(H2,14,15,17). The number of benzene rings is 1. The van der Waals surface area contributed by atoms with E-state index in [1.54, 1.807) is 0 Å². The normalized spacial score (nSPS) is 10.2. The van der Waals surface area contributed by atoms with Crippen LogP contribution in [0.4, 0.5) is 16.2 Å². The van der Waals surface area contributed by atoms with E-state index < -0.39 is 0 Å². The highest BCUT2D eigenvalue weighted by Crippen LogP contribution is 2.22. The fourth-order valence-corrected chi connectivity index (χ4v) is 1.60. The van der Waals surface area contributed by atoms with Gasteiger partial charge in [-0.1, -0.05) is 6.07 Å². The molecule has 0 radical (unpaired) electrons. The van der Waals surface area contributed by atoms with Crippen LogP contribution >= 0.6 is 0 Å². The summed E-state index contributed by atoms with van der Waals surface area (Å²) in [7, 11) is 3.97. The quantitative estimate of drug-likeness (QED) is 0.845. The number of aryl methyl sites for hydroxylation is 1. The number of hydrogen-bond acceptors (Lipinski definition) is 2. The smallest absolute Gasteiger partial charge is 0.319 e. The Labute approximate surface area is 103 Å². The molecule has 0 aliphatic rings. The van der Waals surface area contributed by atoms with Gasteiger partial charge in [0.2, 0.25) is 0 Å². The van der Waals surface area contributed by atoms with Crippen molar-refractivity contribution in [1.29, 1.82) is 0 Å². The molecule has 1 aromatic carbocycles. The summed E-state index contributed by atoms with van der Waals surface area (Å²) >= 11 is 0. The minimum Gasteiger partial charge on any atom is -0.377 e. The van der Waals surface area contributed by atoms with Crippen molar-refractivity contribution in [3.8, 4) is 0 Å². The number of amides is 2. The molecule has 1 aromatic rings. The maximum atomic E-state index is 11.6. The molecule has 4 heteroatoms. The first kappa shape index (κ1) is 13.4. The molecular weight excluding hydrogens is 214 g/mol. The van der Waals surface area contributed by atoms with Crippen molar-refractivity contribution in [2.45, 2.75) is 26.8 Å². The molecule has 0 spiro atoms. The number of anilines is 2. The summed E-state index contributed by atoms with van der Waals surface area (Å²) in [6.07, 6.45) is 0. The number of rotatable bonds is 3. The SMILES string of the molecule is Cc1ccc(NC(=O)NC(C)C)cc1N(C)C. The van der Waals surface area contributed by atoms with Crippen LogP contribution in [0, 0.1) is 6.92 Å². The third-order valence-electron chi connectivity index (χ3n) is 2.37. The molecule has 0 aliphatic carbocycles. The van der Waals surface area contributed by atoms with Crippen LogP contribution in [0.3, 0.4) is 0 Å². The van der Waals surface area contributed by atoms with Gasteiger partial charge in [-0.25, -0.2) is 4.79 Å². The van der Waals surface area contributed by atoms with E-state index in [1.807, 2.05) is 58.0 Å². The summed E-state index contributed by atoms with van der Waals surface area (Å²) in [6.45, 7) is 5.91. The summed E-state index contributed by atoms with van der Waals surface area (Å²) in [6, 6.07) is 5.83. The summed E-state index contributed by atoms with van der Waals surface area (Å²) in [5.41, 5.74) is 3.09. The molecule has 0 aromatic heterocycles. The lowest BCUT2D eigenvalue weighted by atomic mass is 10.1. The summed E-state index contributed by atoms with van der Waals surface area (Å²) < 4.78 is 0. The van der Waals surface area contributed by atoms with Gasteiger partial charge in [0.05, 0.1) is 0 Å². The highest BCUT2D eigenvalue weighted by atomic mass is 16.2. The third-order valence-corrected chi connectivity index (χ3v) is 2.37. The number of carbonyl (C=O) groups excluding carboxylic acids is 1. The van der Waals surface area contributed by atoms with Crippen molar-refractivity contribution in [2.24, 2.45) is 0 Å². The van der Waals surface area contributed by atoms with Gasteiger partial charge in [-0.05, 0) is 38.5 Å². The monoisotopic (exact) mass is 235 g/mol. The van der Waals surface area contributed by atoms with Crippen LogP contribution in [0.2, 0.25) is 0 Å². The highest BCUT2D eigenvalue weighted by molar-refractivity contribution is 5.90. The Balaban J connectivity index is 2.79. The summed E-state index contributed by atoms with van der Waals surface area (Å²) in [4.78, 5) is 13.6. The van der Waals surface area contributed by atoms with Crippen molar-refractivity contribution in [1.82, 2.24) is 5.32 Å². The lowest BCUT2D eigenvalue weighted by Crippen LogP contribution is -2.34. The third kappa shape index (κ3) is 3.98. The predicted octanol–water partition coefficient (Wildman–Crippen LogP) is 2.59. The van der Waals surface area contributed by atoms with Gasteiger partial charge in [0.25, 0.3) is 0 Å². The van der Waals surface area contributed by atoms with Crippen molar-refractivity contribution in [2.75, 3.05) is 24.3 Å². The van der Waals surface area contributed by atoms with Gasteiger partial charge < -0.3 is 15.5 Å². The number of nitrogens with one attached hydrogen (secondary N) is 2. The number of hydrogen-bond donors (Lipinski definition) is 2. The zero-order valence-electron chi connectivity index (χ0n) is 11.2. The van der Waals surface area contributed by atoms with Crippen molar-refractivity contribution < 1.29 is 4.79 Å². The van der Waals surface area contributed by atoms with E-state index in [0.717, 1.165) is 11.4 Å². The lowest BCUT2D eigenvalue weighted by molar-refractivity contribution is 0.250. The molecule has 0 atom stereocenters. The molecule has 0 fully saturated rings. The second-order valence-electron chi connectivity index (χ2n) is 4.65. The minimum absolute atomic E-state index is 0.133. The summed E-state index contributed by atoms with van der Waals surface area (Å²) in [5.74, 6) is 0. The van der Waals surface area contributed by atoms with E-state index in [1.165, 1.54) is 5.56 Å². The Morgan fingerprint density at radius 1 is 1.29 bits per heavy atom. The molecule has 0 unspecified atom stereocenters. The van der Waals surface area contributed by atoms with E-state index >= 15 is 0 Å². The predicted molar refractivity (Wildman–Crippen MR) is 72.8 cm³/mol. The molecule has 2 N–H and O–H groups in total. The average Bonchev–Trinajstić information content (AvgIpc) is 2.19. The summed E-state index contributed by atoms with van der Waals surface area (Å²) in [5, 5.41) is 5.61. The Morgan fingerprint density at radius 2 is 1.94 bits per heavy atom. The largest absolute Gasteiger partial charge is 0.377 e. The molecule has 4 nitrogen and oxygen atoms in total. The first-order chi connectivity index (χ1) is 7.90. The Kier molecular flexibility index (Phi) is 4.37. The maximum Gasteiger partial charge on any atom is 0.319 e. The van der Waals surface area contributed by atoms with Gasteiger partial charge in [-0.3, -0.25) is 0 Å². The molecule has 94 valence electrons.